The van der Waals surface area contributed by atoms with Crippen molar-refractivity contribution >= 4 is 17.7 Å². The van der Waals surface area contributed by atoms with Gasteiger partial charge in [-0.1, -0.05) is 19.1 Å². The van der Waals surface area contributed by atoms with Crippen LogP contribution in [0.1, 0.15) is 26.3 Å². The first-order chi connectivity index (χ1) is 12.8. The molecule has 27 heavy (non-hydrogen) atoms. The molecule has 1 aliphatic heterocycles. The van der Waals surface area contributed by atoms with Crippen molar-refractivity contribution in [3.05, 3.63) is 41.1 Å². The molecule has 0 aromatic heterocycles. The van der Waals surface area contributed by atoms with E-state index in [4.69, 9.17) is 4.74 Å². The SMILES string of the molecule is CCOC(=O)C1=C(CN(CC)Cc2ccc(N(C)C)cc2)NC(=O)NC1C. The highest BCUT2D eigenvalue weighted by molar-refractivity contribution is 5.94. The quantitative estimate of drug-likeness (QED) is 0.682. The summed E-state index contributed by atoms with van der Waals surface area (Å²) >= 11 is 0. The average Bonchev–Trinajstić information content (AvgIpc) is 2.61. The number of carbonyl (C=O) groups is 2. The fourth-order valence-corrected chi connectivity index (χ4v) is 3.06. The Balaban J connectivity index is 2.19. The summed E-state index contributed by atoms with van der Waals surface area (Å²) in [7, 11) is 4.02. The molecule has 1 aromatic rings. The highest BCUT2D eigenvalue weighted by atomic mass is 16.5. The molecule has 1 heterocycles. The Morgan fingerprint density at radius 1 is 1.15 bits per heavy atom. The Bertz CT molecular complexity index is 698. The topological polar surface area (TPSA) is 73.9 Å². The summed E-state index contributed by atoms with van der Waals surface area (Å²) in [6.45, 7) is 7.90. The van der Waals surface area contributed by atoms with Crippen LogP contribution in [0.15, 0.2) is 35.5 Å². The van der Waals surface area contributed by atoms with Gasteiger partial charge in [-0.05, 0) is 38.1 Å². The molecule has 1 atom stereocenters. The first-order valence-electron chi connectivity index (χ1n) is 9.32. The van der Waals surface area contributed by atoms with Gasteiger partial charge in [-0.15, -0.1) is 0 Å². The normalized spacial score (nSPS) is 16.8. The lowest BCUT2D eigenvalue weighted by Crippen LogP contribution is -2.51. The molecule has 7 nitrogen and oxygen atoms in total. The number of hydrogen-bond donors (Lipinski definition) is 2. The molecule has 7 heteroatoms. The van der Waals surface area contributed by atoms with Crippen molar-refractivity contribution in [2.75, 3.05) is 38.7 Å². The van der Waals surface area contributed by atoms with Crippen LogP contribution in [0.3, 0.4) is 0 Å². The van der Waals surface area contributed by atoms with Crippen LogP contribution in [-0.2, 0) is 16.1 Å². The molecule has 0 spiro atoms. The third kappa shape index (κ3) is 5.47. The van der Waals surface area contributed by atoms with Crippen LogP contribution in [0.25, 0.3) is 0 Å². The van der Waals surface area contributed by atoms with Crippen molar-refractivity contribution in [2.45, 2.75) is 33.4 Å². The number of ether oxygens (including phenoxy) is 1. The van der Waals surface area contributed by atoms with Crippen molar-refractivity contribution in [2.24, 2.45) is 0 Å². The number of anilines is 1. The largest absolute Gasteiger partial charge is 0.463 e. The number of benzene rings is 1. The number of likely N-dealkylation sites (N-methyl/N-ethyl adjacent to an activating group) is 1. The third-order valence-electron chi connectivity index (χ3n) is 4.55. The van der Waals surface area contributed by atoms with Gasteiger partial charge in [0.15, 0.2) is 0 Å². The summed E-state index contributed by atoms with van der Waals surface area (Å²) in [6.07, 6.45) is 0. The zero-order chi connectivity index (χ0) is 20.0. The fraction of sp³-hybridized carbons (Fsp3) is 0.500. The Hall–Kier alpha value is -2.54. The summed E-state index contributed by atoms with van der Waals surface area (Å²) in [6, 6.07) is 7.69. The number of amides is 2. The molecular formula is C20H30N4O3. The van der Waals surface area contributed by atoms with Gasteiger partial charge in [0.2, 0.25) is 0 Å². The first kappa shape index (κ1) is 20.8. The van der Waals surface area contributed by atoms with Crippen LogP contribution in [0.4, 0.5) is 10.5 Å². The molecule has 148 valence electrons. The summed E-state index contributed by atoms with van der Waals surface area (Å²) < 4.78 is 5.18. The molecule has 0 radical (unpaired) electrons. The second-order valence-electron chi connectivity index (χ2n) is 6.80. The maximum atomic E-state index is 12.4. The van der Waals surface area contributed by atoms with Gasteiger partial charge in [-0.2, -0.15) is 0 Å². The van der Waals surface area contributed by atoms with E-state index in [0.29, 0.717) is 24.4 Å². The summed E-state index contributed by atoms with van der Waals surface area (Å²) in [5, 5.41) is 5.52. The molecular weight excluding hydrogens is 344 g/mol. The smallest absolute Gasteiger partial charge is 0.337 e. The van der Waals surface area contributed by atoms with E-state index in [1.165, 1.54) is 5.56 Å². The van der Waals surface area contributed by atoms with Crippen molar-refractivity contribution in [1.82, 2.24) is 15.5 Å². The maximum absolute atomic E-state index is 12.4. The van der Waals surface area contributed by atoms with E-state index >= 15 is 0 Å². The minimum atomic E-state index is -0.390. The monoisotopic (exact) mass is 374 g/mol. The number of urea groups is 1. The van der Waals surface area contributed by atoms with Crippen LogP contribution in [0.2, 0.25) is 0 Å². The minimum absolute atomic E-state index is 0.295. The number of hydrogen-bond acceptors (Lipinski definition) is 5. The highest BCUT2D eigenvalue weighted by Crippen LogP contribution is 2.18. The number of carbonyl (C=O) groups excluding carboxylic acids is 2. The Morgan fingerprint density at radius 2 is 1.81 bits per heavy atom. The molecule has 1 unspecified atom stereocenters. The molecule has 1 aromatic carbocycles. The van der Waals surface area contributed by atoms with Gasteiger partial charge in [-0.25, -0.2) is 9.59 Å². The first-order valence-corrected chi connectivity index (χ1v) is 9.32. The van der Waals surface area contributed by atoms with Gasteiger partial charge in [0.25, 0.3) is 0 Å². The molecule has 1 aliphatic rings. The Labute approximate surface area is 161 Å². The van der Waals surface area contributed by atoms with Crippen molar-refractivity contribution in [3.63, 3.8) is 0 Å². The van der Waals surface area contributed by atoms with E-state index in [0.717, 1.165) is 18.8 Å². The van der Waals surface area contributed by atoms with Crippen LogP contribution >= 0.6 is 0 Å². The van der Waals surface area contributed by atoms with E-state index in [2.05, 4.69) is 51.6 Å². The zero-order valence-electron chi connectivity index (χ0n) is 16.8. The maximum Gasteiger partial charge on any atom is 0.337 e. The van der Waals surface area contributed by atoms with Gasteiger partial charge in [0.05, 0.1) is 18.2 Å². The average molecular weight is 374 g/mol. The zero-order valence-corrected chi connectivity index (χ0v) is 16.8. The van der Waals surface area contributed by atoms with Crippen LogP contribution in [0, 0.1) is 0 Å². The minimum Gasteiger partial charge on any atom is -0.463 e. The number of nitrogens with zero attached hydrogens (tertiary/aromatic N) is 2. The van der Waals surface area contributed by atoms with E-state index in [1.807, 2.05) is 14.1 Å². The second-order valence-corrected chi connectivity index (χ2v) is 6.80. The molecule has 0 bridgehead atoms. The lowest BCUT2D eigenvalue weighted by Gasteiger charge is -2.30. The number of nitrogens with one attached hydrogen (secondary N) is 2. The predicted molar refractivity (Wildman–Crippen MR) is 107 cm³/mol. The molecule has 0 aliphatic carbocycles. The highest BCUT2D eigenvalue weighted by Gasteiger charge is 2.30. The van der Waals surface area contributed by atoms with Crippen LogP contribution < -0.4 is 15.5 Å². The molecule has 2 rings (SSSR count). The van der Waals surface area contributed by atoms with E-state index in [1.54, 1.807) is 13.8 Å². The molecule has 2 amide bonds. The van der Waals surface area contributed by atoms with E-state index in [9.17, 15) is 9.59 Å². The molecule has 2 N–H and O–H groups in total. The number of rotatable bonds is 8. The Morgan fingerprint density at radius 3 is 2.37 bits per heavy atom. The van der Waals surface area contributed by atoms with E-state index < -0.39 is 0 Å². The van der Waals surface area contributed by atoms with E-state index in [-0.39, 0.29) is 18.0 Å². The molecule has 0 saturated carbocycles. The van der Waals surface area contributed by atoms with Gasteiger partial charge in [0.1, 0.15) is 0 Å². The van der Waals surface area contributed by atoms with Gasteiger partial charge >= 0.3 is 12.0 Å². The summed E-state index contributed by atoms with van der Waals surface area (Å²) in [4.78, 5) is 28.5. The fourth-order valence-electron chi connectivity index (χ4n) is 3.06. The van der Waals surface area contributed by atoms with Crippen molar-refractivity contribution in [3.8, 4) is 0 Å². The second kappa shape index (κ2) is 9.41. The third-order valence-corrected chi connectivity index (χ3v) is 4.55. The summed E-state index contributed by atoms with van der Waals surface area (Å²) in [5.74, 6) is -0.390. The Kier molecular flexibility index (Phi) is 7.24. The van der Waals surface area contributed by atoms with Crippen molar-refractivity contribution in [1.29, 1.82) is 0 Å². The van der Waals surface area contributed by atoms with Gasteiger partial charge in [0, 0.05) is 38.6 Å². The standard InChI is InChI=1S/C20H30N4O3/c1-6-24(12-15-8-10-16(11-9-15)23(4)5)13-17-18(19(25)27-7-2)14(3)21-20(26)22-17/h8-11,14H,6-7,12-13H2,1-5H3,(H2,21,22,26). The van der Waals surface area contributed by atoms with Gasteiger partial charge < -0.3 is 20.3 Å². The van der Waals surface area contributed by atoms with Crippen LogP contribution in [0.5, 0.6) is 0 Å². The lowest BCUT2D eigenvalue weighted by atomic mass is 10.0. The predicted octanol–water partition coefficient (Wildman–Crippen LogP) is 2.09. The van der Waals surface area contributed by atoms with Crippen molar-refractivity contribution < 1.29 is 14.3 Å². The number of esters is 1. The lowest BCUT2D eigenvalue weighted by molar-refractivity contribution is -0.139. The molecule has 0 fully saturated rings. The molecule has 0 saturated heterocycles. The van der Waals surface area contributed by atoms with Gasteiger partial charge in [-0.3, -0.25) is 4.90 Å². The summed E-state index contributed by atoms with van der Waals surface area (Å²) in [5.41, 5.74) is 3.41. The van der Waals surface area contributed by atoms with Crippen LogP contribution in [-0.4, -0.2) is 56.7 Å².